The lowest BCUT2D eigenvalue weighted by atomic mass is 10.1. The average molecular weight is 523 g/mol. The summed E-state index contributed by atoms with van der Waals surface area (Å²) in [6.07, 6.45) is -2.88. The first-order chi connectivity index (χ1) is 12.2. The monoisotopic (exact) mass is 522 g/mol. The molecule has 156 valence electrons. The molecular formula is C17H27ClF3IN4O. The quantitative estimate of drug-likeness (QED) is 0.225. The summed E-state index contributed by atoms with van der Waals surface area (Å²) in [6, 6.07) is 5.53. The van der Waals surface area contributed by atoms with E-state index in [0.29, 0.717) is 49.2 Å². The van der Waals surface area contributed by atoms with Crippen molar-refractivity contribution in [3.8, 4) is 5.75 Å². The van der Waals surface area contributed by atoms with Gasteiger partial charge in [0.15, 0.2) is 5.96 Å². The van der Waals surface area contributed by atoms with Crippen LogP contribution in [0.15, 0.2) is 23.2 Å². The minimum Gasteiger partial charge on any atom is -0.497 e. The van der Waals surface area contributed by atoms with Gasteiger partial charge in [-0.3, -0.25) is 9.89 Å². The second kappa shape index (κ2) is 13.3. The highest BCUT2D eigenvalue weighted by Gasteiger charge is 2.28. The van der Waals surface area contributed by atoms with Gasteiger partial charge in [-0.15, -0.1) is 24.0 Å². The van der Waals surface area contributed by atoms with Gasteiger partial charge in [-0.25, -0.2) is 0 Å². The lowest BCUT2D eigenvalue weighted by Crippen LogP contribution is -2.40. The Morgan fingerprint density at radius 3 is 2.48 bits per heavy atom. The van der Waals surface area contributed by atoms with Gasteiger partial charge in [-0.1, -0.05) is 17.7 Å². The van der Waals surface area contributed by atoms with Crippen molar-refractivity contribution < 1.29 is 17.9 Å². The van der Waals surface area contributed by atoms with Gasteiger partial charge in [0.25, 0.3) is 0 Å². The summed E-state index contributed by atoms with van der Waals surface area (Å²) in [6.45, 7) is 0.610. The fourth-order valence-corrected chi connectivity index (χ4v) is 2.60. The van der Waals surface area contributed by atoms with Crippen LogP contribution in [-0.2, 0) is 6.42 Å². The van der Waals surface area contributed by atoms with E-state index in [1.165, 1.54) is 11.9 Å². The van der Waals surface area contributed by atoms with E-state index in [-0.39, 0.29) is 24.0 Å². The van der Waals surface area contributed by atoms with Crippen LogP contribution in [-0.4, -0.2) is 64.4 Å². The molecule has 2 N–H and O–H groups in total. The highest BCUT2D eigenvalue weighted by molar-refractivity contribution is 14.0. The molecule has 10 heteroatoms. The van der Waals surface area contributed by atoms with Gasteiger partial charge in [0.1, 0.15) is 5.75 Å². The zero-order valence-corrected chi connectivity index (χ0v) is 18.8. The number of nitrogens with zero attached hydrogens (tertiary/aromatic N) is 2. The summed E-state index contributed by atoms with van der Waals surface area (Å²) >= 11 is 6.20. The van der Waals surface area contributed by atoms with Crippen molar-refractivity contribution in [2.24, 2.45) is 4.99 Å². The number of nitrogens with one attached hydrogen (secondary N) is 2. The van der Waals surface area contributed by atoms with Crippen molar-refractivity contribution in [2.45, 2.75) is 19.0 Å². The summed E-state index contributed by atoms with van der Waals surface area (Å²) in [5.41, 5.74) is 0.990. The Bertz CT molecular complexity index is 588. The van der Waals surface area contributed by atoms with Crippen LogP contribution in [0.3, 0.4) is 0 Å². The van der Waals surface area contributed by atoms with E-state index < -0.39 is 12.7 Å². The van der Waals surface area contributed by atoms with E-state index in [9.17, 15) is 13.2 Å². The highest BCUT2D eigenvalue weighted by atomic mass is 127. The smallest absolute Gasteiger partial charge is 0.401 e. The molecule has 0 saturated carbocycles. The summed E-state index contributed by atoms with van der Waals surface area (Å²) in [5, 5.41) is 6.88. The molecule has 0 aliphatic rings. The minimum absolute atomic E-state index is 0. The Balaban J connectivity index is 0.00000676. The molecule has 1 aromatic carbocycles. The first kappa shape index (κ1) is 26.1. The average Bonchev–Trinajstić information content (AvgIpc) is 2.56. The molecule has 5 nitrogen and oxygen atoms in total. The number of alkyl halides is 3. The molecule has 27 heavy (non-hydrogen) atoms. The van der Waals surface area contributed by atoms with Crippen LogP contribution in [0.5, 0.6) is 5.75 Å². The van der Waals surface area contributed by atoms with Gasteiger partial charge in [0, 0.05) is 25.2 Å². The molecule has 0 aromatic heterocycles. The summed E-state index contributed by atoms with van der Waals surface area (Å²) < 4.78 is 41.8. The van der Waals surface area contributed by atoms with Crippen LogP contribution in [0.4, 0.5) is 13.2 Å². The van der Waals surface area contributed by atoms with E-state index in [1.807, 2.05) is 12.1 Å². The van der Waals surface area contributed by atoms with Gasteiger partial charge in [-0.05, 0) is 44.1 Å². The number of halogens is 5. The number of benzene rings is 1. The standard InChI is InChI=1S/C17H26ClF3N4O.HI/c1-22-16(23-8-4-10-25(2)12-17(19,20)21)24-9-7-13-5-6-14(26-3)11-15(13)18;/h5-6,11H,4,7-10,12H2,1-3H3,(H2,22,23,24);1H. The lowest BCUT2D eigenvalue weighted by molar-refractivity contribution is -0.143. The SMILES string of the molecule is CN=C(NCCCN(C)CC(F)(F)F)NCCc1ccc(OC)cc1Cl.I. The fraction of sp³-hybridized carbons (Fsp3) is 0.588. The second-order valence-corrected chi connectivity index (χ2v) is 6.25. The van der Waals surface area contributed by atoms with Crippen LogP contribution in [0.2, 0.25) is 5.02 Å². The Labute approximate surface area is 180 Å². The molecule has 0 atom stereocenters. The van der Waals surface area contributed by atoms with Crippen LogP contribution >= 0.6 is 35.6 Å². The first-order valence-corrected chi connectivity index (χ1v) is 8.65. The van der Waals surface area contributed by atoms with Crippen LogP contribution in [0, 0.1) is 0 Å². The van der Waals surface area contributed by atoms with E-state index in [0.717, 1.165) is 5.56 Å². The maximum atomic E-state index is 12.2. The summed E-state index contributed by atoms with van der Waals surface area (Å²) in [5.74, 6) is 1.31. The normalized spacial score (nSPS) is 11.9. The molecule has 0 fully saturated rings. The molecule has 0 radical (unpaired) electrons. The third kappa shape index (κ3) is 11.5. The van der Waals surface area contributed by atoms with Gasteiger partial charge < -0.3 is 15.4 Å². The van der Waals surface area contributed by atoms with Crippen molar-refractivity contribution in [3.63, 3.8) is 0 Å². The van der Waals surface area contributed by atoms with Gasteiger partial charge in [0.2, 0.25) is 0 Å². The van der Waals surface area contributed by atoms with Crippen LogP contribution < -0.4 is 15.4 Å². The number of rotatable bonds is 9. The molecule has 0 aliphatic carbocycles. The van der Waals surface area contributed by atoms with Gasteiger partial charge in [0.05, 0.1) is 13.7 Å². The Hall–Kier alpha value is -0.940. The summed E-state index contributed by atoms with van der Waals surface area (Å²) in [4.78, 5) is 5.35. The molecule has 0 saturated heterocycles. The number of ether oxygens (including phenoxy) is 1. The minimum atomic E-state index is -4.16. The third-order valence-electron chi connectivity index (χ3n) is 3.63. The maximum Gasteiger partial charge on any atom is 0.401 e. The predicted octanol–water partition coefficient (Wildman–Crippen LogP) is 3.56. The van der Waals surface area contributed by atoms with Crippen molar-refractivity contribution in [1.29, 1.82) is 0 Å². The second-order valence-electron chi connectivity index (χ2n) is 5.84. The van der Waals surface area contributed by atoms with Gasteiger partial charge in [-0.2, -0.15) is 13.2 Å². The van der Waals surface area contributed by atoms with Crippen LogP contribution in [0.25, 0.3) is 0 Å². The van der Waals surface area contributed by atoms with Crippen LogP contribution in [0.1, 0.15) is 12.0 Å². The topological polar surface area (TPSA) is 48.9 Å². The van der Waals surface area contributed by atoms with E-state index in [1.54, 1.807) is 20.2 Å². The van der Waals surface area contributed by atoms with E-state index in [2.05, 4.69) is 15.6 Å². The number of hydrogen-bond acceptors (Lipinski definition) is 3. The predicted molar refractivity (Wildman–Crippen MR) is 115 cm³/mol. The maximum absolute atomic E-state index is 12.2. The van der Waals surface area contributed by atoms with E-state index in [4.69, 9.17) is 16.3 Å². The molecule has 0 bridgehead atoms. The molecule has 1 aromatic rings. The zero-order valence-electron chi connectivity index (χ0n) is 15.7. The van der Waals surface area contributed by atoms with Gasteiger partial charge >= 0.3 is 6.18 Å². The van der Waals surface area contributed by atoms with E-state index >= 15 is 0 Å². The molecule has 0 heterocycles. The number of guanidine groups is 1. The Morgan fingerprint density at radius 1 is 1.26 bits per heavy atom. The fourth-order valence-electron chi connectivity index (χ4n) is 2.33. The molecule has 0 amide bonds. The summed E-state index contributed by atoms with van der Waals surface area (Å²) in [7, 11) is 4.69. The highest BCUT2D eigenvalue weighted by Crippen LogP contribution is 2.22. The first-order valence-electron chi connectivity index (χ1n) is 8.27. The zero-order chi connectivity index (χ0) is 19.6. The Morgan fingerprint density at radius 2 is 1.93 bits per heavy atom. The molecule has 1 rings (SSSR count). The molecular weight excluding hydrogens is 496 g/mol. The van der Waals surface area contributed by atoms with Crippen molar-refractivity contribution in [1.82, 2.24) is 15.5 Å². The number of hydrogen-bond donors (Lipinski definition) is 2. The number of methoxy groups -OCH3 is 1. The molecule has 0 spiro atoms. The van der Waals surface area contributed by atoms with Crippen molar-refractivity contribution in [3.05, 3.63) is 28.8 Å². The molecule has 0 aliphatic heterocycles. The Kier molecular flexibility index (Phi) is 12.8. The number of aliphatic imine (C=N–C) groups is 1. The van der Waals surface area contributed by atoms with Crippen molar-refractivity contribution >= 4 is 41.5 Å². The third-order valence-corrected chi connectivity index (χ3v) is 3.98. The largest absolute Gasteiger partial charge is 0.497 e. The molecule has 0 unspecified atom stereocenters. The van der Waals surface area contributed by atoms with Crippen molar-refractivity contribution in [2.75, 3.05) is 47.4 Å². The lowest BCUT2D eigenvalue weighted by Gasteiger charge is -2.19.